The maximum atomic E-state index is 12.3. The van der Waals surface area contributed by atoms with Crippen molar-refractivity contribution >= 4 is 18.3 Å². The summed E-state index contributed by atoms with van der Waals surface area (Å²) in [6, 6.07) is 4.47. The second-order valence-corrected chi connectivity index (χ2v) is 5.27. The molecule has 106 valence electrons. The van der Waals surface area contributed by atoms with Crippen LogP contribution in [0.1, 0.15) is 39.9 Å². The van der Waals surface area contributed by atoms with Crippen molar-refractivity contribution in [3.63, 3.8) is 0 Å². The maximum absolute atomic E-state index is 12.3. The number of hydrogen-bond acceptors (Lipinski definition) is 2. The van der Waals surface area contributed by atoms with Gasteiger partial charge in [-0.1, -0.05) is 17.7 Å². The molecule has 1 aromatic carbocycles. The number of carbonyl (C=O) groups excluding carboxylic acids is 1. The lowest BCUT2D eigenvalue weighted by Gasteiger charge is -2.24. The number of halogens is 1. The smallest absolute Gasteiger partial charge is 0.252 e. The monoisotopic (exact) mass is 282 g/mol. The molecule has 1 amide bonds. The topological polar surface area (TPSA) is 41.1 Å². The van der Waals surface area contributed by atoms with Gasteiger partial charge in [0.2, 0.25) is 0 Å². The maximum Gasteiger partial charge on any atom is 0.252 e. The number of amides is 1. The summed E-state index contributed by atoms with van der Waals surface area (Å²) in [6.07, 6.45) is 2.05. The molecule has 4 heteroatoms. The van der Waals surface area contributed by atoms with Crippen molar-refractivity contribution in [2.24, 2.45) is 0 Å². The number of carbonyl (C=O) groups is 1. The molecule has 0 radical (unpaired) electrons. The first kappa shape index (κ1) is 16.0. The highest BCUT2D eigenvalue weighted by Crippen LogP contribution is 2.17. The van der Waals surface area contributed by atoms with E-state index in [1.54, 1.807) is 0 Å². The van der Waals surface area contributed by atoms with E-state index in [1.807, 2.05) is 13.8 Å². The summed E-state index contributed by atoms with van der Waals surface area (Å²) in [4.78, 5) is 12.3. The quantitative estimate of drug-likeness (QED) is 0.875. The van der Waals surface area contributed by atoms with Crippen molar-refractivity contribution in [3.8, 4) is 0 Å². The molecule has 0 aromatic heterocycles. The molecule has 1 fully saturated rings. The zero-order valence-electron chi connectivity index (χ0n) is 11.9. The molecule has 0 atom stereocenters. The Labute approximate surface area is 121 Å². The number of piperidine rings is 1. The molecule has 2 rings (SSSR count). The van der Waals surface area contributed by atoms with E-state index in [-0.39, 0.29) is 18.3 Å². The van der Waals surface area contributed by atoms with Crippen LogP contribution in [0, 0.1) is 20.8 Å². The second kappa shape index (κ2) is 6.92. The molecule has 0 aliphatic carbocycles. The van der Waals surface area contributed by atoms with Crippen LogP contribution in [-0.2, 0) is 0 Å². The third-order valence-electron chi connectivity index (χ3n) is 3.58. The molecule has 1 saturated heterocycles. The molecule has 0 spiro atoms. The minimum Gasteiger partial charge on any atom is -0.349 e. The van der Waals surface area contributed by atoms with E-state index in [4.69, 9.17) is 0 Å². The van der Waals surface area contributed by atoms with Gasteiger partial charge in [0.1, 0.15) is 0 Å². The Morgan fingerprint density at radius 2 is 1.68 bits per heavy atom. The van der Waals surface area contributed by atoms with E-state index in [0.29, 0.717) is 6.04 Å². The Bertz CT molecular complexity index is 430. The van der Waals surface area contributed by atoms with Crippen LogP contribution >= 0.6 is 12.4 Å². The van der Waals surface area contributed by atoms with Crippen LogP contribution in [-0.4, -0.2) is 25.0 Å². The molecule has 0 saturated carbocycles. The zero-order chi connectivity index (χ0) is 13.1. The fourth-order valence-corrected chi connectivity index (χ4v) is 2.76. The molecule has 0 unspecified atom stereocenters. The molecule has 1 aliphatic heterocycles. The van der Waals surface area contributed by atoms with Gasteiger partial charge in [-0.05, 0) is 57.8 Å². The highest BCUT2D eigenvalue weighted by atomic mass is 35.5. The van der Waals surface area contributed by atoms with Crippen LogP contribution in [0.15, 0.2) is 12.1 Å². The number of nitrogens with one attached hydrogen (secondary N) is 2. The van der Waals surface area contributed by atoms with Gasteiger partial charge in [-0.2, -0.15) is 0 Å². The first-order chi connectivity index (χ1) is 8.58. The minimum atomic E-state index is 0. The van der Waals surface area contributed by atoms with Crippen LogP contribution < -0.4 is 10.6 Å². The summed E-state index contributed by atoms with van der Waals surface area (Å²) in [5, 5.41) is 6.46. The van der Waals surface area contributed by atoms with Gasteiger partial charge >= 0.3 is 0 Å². The van der Waals surface area contributed by atoms with E-state index >= 15 is 0 Å². The van der Waals surface area contributed by atoms with Crippen molar-refractivity contribution in [1.82, 2.24) is 10.6 Å². The zero-order valence-corrected chi connectivity index (χ0v) is 12.7. The molecular formula is C15H23ClN2O. The fraction of sp³-hybridized carbons (Fsp3) is 0.533. The van der Waals surface area contributed by atoms with Gasteiger partial charge in [-0.3, -0.25) is 4.79 Å². The summed E-state index contributed by atoms with van der Waals surface area (Å²) in [7, 11) is 0. The molecule has 0 bridgehead atoms. The third kappa shape index (κ3) is 3.95. The van der Waals surface area contributed by atoms with Gasteiger partial charge < -0.3 is 10.6 Å². The predicted octanol–water partition coefficient (Wildman–Crippen LogP) is 2.52. The number of hydrogen-bond donors (Lipinski definition) is 2. The van der Waals surface area contributed by atoms with Crippen molar-refractivity contribution in [2.75, 3.05) is 13.1 Å². The minimum absolute atomic E-state index is 0. The number of rotatable bonds is 2. The average molecular weight is 283 g/mol. The standard InChI is InChI=1S/C15H22N2O.ClH/c1-10-8-11(2)14(12(3)9-10)15(18)17-13-4-6-16-7-5-13;/h8-9,13,16H,4-7H2,1-3H3,(H,17,18);1H. The highest BCUT2D eigenvalue weighted by molar-refractivity contribution is 5.97. The van der Waals surface area contributed by atoms with E-state index in [1.165, 1.54) is 5.56 Å². The lowest BCUT2D eigenvalue weighted by atomic mass is 9.98. The Hall–Kier alpha value is -1.06. The Morgan fingerprint density at radius 1 is 1.16 bits per heavy atom. The predicted molar refractivity (Wildman–Crippen MR) is 81.3 cm³/mol. The van der Waals surface area contributed by atoms with Gasteiger partial charge in [0, 0.05) is 11.6 Å². The lowest BCUT2D eigenvalue weighted by Crippen LogP contribution is -2.43. The van der Waals surface area contributed by atoms with Crippen LogP contribution in [0.3, 0.4) is 0 Å². The van der Waals surface area contributed by atoms with Crippen LogP contribution in [0.5, 0.6) is 0 Å². The molecule has 1 aromatic rings. The summed E-state index contributed by atoms with van der Waals surface area (Å²) >= 11 is 0. The molecule has 2 N–H and O–H groups in total. The molecule has 19 heavy (non-hydrogen) atoms. The number of aryl methyl sites for hydroxylation is 3. The molecular weight excluding hydrogens is 260 g/mol. The van der Waals surface area contributed by atoms with Gasteiger partial charge in [0.15, 0.2) is 0 Å². The number of benzene rings is 1. The summed E-state index contributed by atoms with van der Waals surface area (Å²) in [6.45, 7) is 8.08. The highest BCUT2D eigenvalue weighted by Gasteiger charge is 2.18. The SMILES string of the molecule is Cc1cc(C)c(C(=O)NC2CCNCC2)c(C)c1.Cl. The van der Waals surface area contributed by atoms with Crippen molar-refractivity contribution < 1.29 is 4.79 Å². The van der Waals surface area contributed by atoms with E-state index in [0.717, 1.165) is 42.6 Å². The fourth-order valence-electron chi connectivity index (χ4n) is 2.76. The van der Waals surface area contributed by atoms with Crippen molar-refractivity contribution in [3.05, 3.63) is 34.4 Å². The van der Waals surface area contributed by atoms with E-state index in [9.17, 15) is 4.79 Å². The summed E-state index contributed by atoms with van der Waals surface area (Å²) in [5.41, 5.74) is 4.19. The Kier molecular flexibility index (Phi) is 5.83. The largest absolute Gasteiger partial charge is 0.349 e. The lowest BCUT2D eigenvalue weighted by molar-refractivity contribution is 0.0928. The summed E-state index contributed by atoms with van der Waals surface area (Å²) < 4.78 is 0. The second-order valence-electron chi connectivity index (χ2n) is 5.27. The molecule has 1 aliphatic rings. The first-order valence-electron chi connectivity index (χ1n) is 6.67. The third-order valence-corrected chi connectivity index (χ3v) is 3.58. The van der Waals surface area contributed by atoms with Gasteiger partial charge in [0.25, 0.3) is 5.91 Å². The molecule has 3 nitrogen and oxygen atoms in total. The normalized spacial score (nSPS) is 15.7. The van der Waals surface area contributed by atoms with Crippen molar-refractivity contribution in [1.29, 1.82) is 0 Å². The van der Waals surface area contributed by atoms with E-state index in [2.05, 4.69) is 29.7 Å². The van der Waals surface area contributed by atoms with Gasteiger partial charge in [-0.15, -0.1) is 12.4 Å². The van der Waals surface area contributed by atoms with Gasteiger partial charge in [-0.25, -0.2) is 0 Å². The van der Waals surface area contributed by atoms with E-state index < -0.39 is 0 Å². The summed E-state index contributed by atoms with van der Waals surface area (Å²) in [5.74, 6) is 0.0805. The van der Waals surface area contributed by atoms with Gasteiger partial charge in [0.05, 0.1) is 0 Å². The van der Waals surface area contributed by atoms with Crippen LogP contribution in [0.2, 0.25) is 0 Å². The van der Waals surface area contributed by atoms with Crippen LogP contribution in [0.25, 0.3) is 0 Å². The Balaban J connectivity index is 0.00000180. The first-order valence-corrected chi connectivity index (χ1v) is 6.67. The van der Waals surface area contributed by atoms with Crippen LogP contribution in [0.4, 0.5) is 0 Å². The van der Waals surface area contributed by atoms with Crippen molar-refractivity contribution in [2.45, 2.75) is 39.7 Å². The molecule has 1 heterocycles. The Morgan fingerprint density at radius 3 is 2.21 bits per heavy atom. The average Bonchev–Trinajstić information content (AvgIpc) is 2.28.